The highest BCUT2D eigenvalue weighted by atomic mass is 79.9. The van der Waals surface area contributed by atoms with Crippen LogP contribution < -0.4 is 19.5 Å². The van der Waals surface area contributed by atoms with Crippen LogP contribution in [-0.4, -0.2) is 29.0 Å². The highest BCUT2D eigenvalue weighted by Gasteiger charge is 2.41. The van der Waals surface area contributed by atoms with Crippen molar-refractivity contribution in [2.24, 2.45) is 0 Å². The molecular formula is C26H20BrFN4O3. The number of fused-ring (bicyclic) bond motifs is 3. The van der Waals surface area contributed by atoms with Gasteiger partial charge in [0.25, 0.3) is 0 Å². The molecule has 3 aromatic carbocycles. The lowest BCUT2D eigenvalue weighted by Gasteiger charge is -2.39. The number of benzene rings is 3. The van der Waals surface area contributed by atoms with Crippen molar-refractivity contribution < 1.29 is 18.6 Å². The molecule has 0 spiro atoms. The molecule has 1 N–H and O–H groups in total. The quantitative estimate of drug-likeness (QED) is 0.359. The van der Waals surface area contributed by atoms with Gasteiger partial charge in [0.15, 0.2) is 0 Å². The van der Waals surface area contributed by atoms with E-state index in [2.05, 4.69) is 31.3 Å². The van der Waals surface area contributed by atoms with Crippen molar-refractivity contribution in [1.82, 2.24) is 14.8 Å². The number of halogens is 2. The number of ether oxygens (including phenoxy) is 3. The Morgan fingerprint density at radius 1 is 1.00 bits per heavy atom. The molecule has 9 heteroatoms. The molecule has 2 aliphatic rings. The van der Waals surface area contributed by atoms with Crippen LogP contribution in [0.4, 0.5) is 10.3 Å². The van der Waals surface area contributed by atoms with Gasteiger partial charge >= 0.3 is 0 Å². The third kappa shape index (κ3) is 3.54. The summed E-state index contributed by atoms with van der Waals surface area (Å²) >= 11 is 3.60. The van der Waals surface area contributed by atoms with Crippen molar-refractivity contribution in [3.8, 4) is 17.2 Å². The molecule has 176 valence electrons. The van der Waals surface area contributed by atoms with E-state index in [4.69, 9.17) is 14.2 Å². The van der Waals surface area contributed by atoms with Crippen LogP contribution in [0.15, 0.2) is 77.0 Å². The zero-order valence-corrected chi connectivity index (χ0v) is 20.4. The predicted molar refractivity (Wildman–Crippen MR) is 132 cm³/mol. The minimum atomic E-state index is -0.465. The molecule has 0 radical (unpaired) electrons. The zero-order chi connectivity index (χ0) is 24.1. The van der Waals surface area contributed by atoms with Gasteiger partial charge in [-0.3, -0.25) is 0 Å². The summed E-state index contributed by atoms with van der Waals surface area (Å²) in [6.07, 6.45) is 1.04. The first kappa shape index (κ1) is 21.7. The molecule has 0 saturated carbocycles. The van der Waals surface area contributed by atoms with Crippen molar-refractivity contribution in [3.63, 3.8) is 0 Å². The number of aromatic nitrogens is 3. The third-order valence-corrected chi connectivity index (χ3v) is 6.91. The van der Waals surface area contributed by atoms with Crippen LogP contribution in [0, 0.1) is 5.82 Å². The third-order valence-electron chi connectivity index (χ3n) is 6.29. The van der Waals surface area contributed by atoms with Gasteiger partial charge in [-0.2, -0.15) is 10.1 Å². The van der Waals surface area contributed by atoms with E-state index in [-0.39, 0.29) is 11.9 Å². The fourth-order valence-corrected chi connectivity index (χ4v) is 5.22. The summed E-state index contributed by atoms with van der Waals surface area (Å²) in [5.74, 6) is 2.42. The summed E-state index contributed by atoms with van der Waals surface area (Å²) in [5.41, 5.74) is 4.41. The molecule has 2 atom stereocenters. The molecule has 0 fully saturated rings. The highest BCUT2D eigenvalue weighted by molar-refractivity contribution is 9.10. The first-order chi connectivity index (χ1) is 17.1. The number of rotatable bonds is 4. The van der Waals surface area contributed by atoms with E-state index in [0.29, 0.717) is 17.4 Å². The summed E-state index contributed by atoms with van der Waals surface area (Å²) in [4.78, 5) is 4.43. The van der Waals surface area contributed by atoms with Gasteiger partial charge in [0.05, 0.1) is 24.4 Å². The van der Waals surface area contributed by atoms with Crippen LogP contribution in [0.1, 0.15) is 28.8 Å². The van der Waals surface area contributed by atoms with E-state index in [1.165, 1.54) is 18.5 Å². The van der Waals surface area contributed by atoms with Crippen molar-refractivity contribution >= 4 is 27.6 Å². The normalized spacial score (nSPS) is 18.1. The Morgan fingerprint density at radius 3 is 2.54 bits per heavy atom. The number of nitrogens with one attached hydrogen (secondary N) is 1. The van der Waals surface area contributed by atoms with E-state index < -0.39 is 6.10 Å². The predicted octanol–water partition coefficient (Wildman–Crippen LogP) is 5.76. The fraction of sp³-hybridized carbons (Fsp3) is 0.154. The Kier molecular flexibility index (Phi) is 5.21. The maximum Gasteiger partial charge on any atom is 0.226 e. The molecule has 0 bridgehead atoms. The van der Waals surface area contributed by atoms with Crippen LogP contribution in [-0.2, 0) is 0 Å². The Morgan fingerprint density at radius 2 is 1.80 bits per heavy atom. The molecule has 6 rings (SSSR count). The second-order valence-corrected chi connectivity index (χ2v) is 9.05. The van der Waals surface area contributed by atoms with Gasteiger partial charge in [-0.15, -0.1) is 0 Å². The van der Waals surface area contributed by atoms with Crippen molar-refractivity contribution in [2.45, 2.75) is 12.1 Å². The van der Waals surface area contributed by atoms with E-state index in [0.717, 1.165) is 38.2 Å². The highest BCUT2D eigenvalue weighted by Crippen LogP contribution is 2.51. The van der Waals surface area contributed by atoms with E-state index in [1.54, 1.807) is 31.0 Å². The summed E-state index contributed by atoms with van der Waals surface area (Å²) < 4.78 is 34.0. The molecule has 0 unspecified atom stereocenters. The molecule has 1 aromatic heterocycles. The van der Waals surface area contributed by atoms with Crippen LogP contribution in [0.2, 0.25) is 0 Å². The molecule has 0 aliphatic carbocycles. The SMILES string of the molecule is COc1ccc2c(c1)C1=C([C@@H](c3ccc(OC)c(Br)c3)O2)[C@@H](c2ccc(F)cc2)n2ncnc2N1. The van der Waals surface area contributed by atoms with Crippen LogP contribution in [0.5, 0.6) is 17.2 Å². The number of methoxy groups -OCH3 is 2. The van der Waals surface area contributed by atoms with Crippen LogP contribution in [0.3, 0.4) is 0 Å². The van der Waals surface area contributed by atoms with Crippen molar-refractivity contribution in [1.29, 1.82) is 0 Å². The summed E-state index contributed by atoms with van der Waals surface area (Å²) in [5, 5.41) is 7.95. The summed E-state index contributed by atoms with van der Waals surface area (Å²) in [7, 11) is 3.26. The van der Waals surface area contributed by atoms with Gasteiger partial charge in [0.2, 0.25) is 5.95 Å². The fourth-order valence-electron chi connectivity index (χ4n) is 4.66. The second-order valence-electron chi connectivity index (χ2n) is 8.19. The molecular weight excluding hydrogens is 515 g/mol. The van der Waals surface area contributed by atoms with Gasteiger partial charge in [0, 0.05) is 11.1 Å². The molecule has 4 aromatic rings. The Hall–Kier alpha value is -3.85. The Labute approximate surface area is 209 Å². The van der Waals surface area contributed by atoms with Crippen LogP contribution >= 0.6 is 15.9 Å². The first-order valence-electron chi connectivity index (χ1n) is 10.9. The topological polar surface area (TPSA) is 70.4 Å². The number of hydrogen-bond acceptors (Lipinski definition) is 6. The lowest BCUT2D eigenvalue weighted by atomic mass is 9.84. The molecule has 0 saturated heterocycles. The van der Waals surface area contributed by atoms with Gasteiger partial charge < -0.3 is 19.5 Å². The zero-order valence-electron chi connectivity index (χ0n) is 18.8. The molecule has 0 amide bonds. The number of nitrogens with zero attached hydrogens (tertiary/aromatic N) is 3. The Bertz CT molecular complexity index is 1470. The standard InChI is InChI=1S/C26H20BrFN4O3/c1-33-17-8-10-20-18(12-17)23-22(25(35-20)15-5-9-21(34-2)19(27)11-15)24(14-3-6-16(28)7-4-14)32-26(31-23)29-13-30-32/h3-13,24-25H,1-2H3,(H,29,30,31)/t24-,25-/m1/s1. The van der Waals surface area contributed by atoms with Gasteiger partial charge in [-0.25, -0.2) is 9.07 Å². The van der Waals surface area contributed by atoms with E-state index in [9.17, 15) is 4.39 Å². The lowest BCUT2D eigenvalue weighted by Crippen LogP contribution is -2.32. The summed E-state index contributed by atoms with van der Waals surface area (Å²) in [6, 6.07) is 17.6. The average molecular weight is 535 g/mol. The smallest absolute Gasteiger partial charge is 0.226 e. The van der Waals surface area contributed by atoms with Crippen molar-refractivity contribution in [2.75, 3.05) is 19.5 Å². The second kappa shape index (κ2) is 8.42. The van der Waals surface area contributed by atoms with Crippen LogP contribution in [0.25, 0.3) is 5.70 Å². The average Bonchev–Trinajstić information content (AvgIpc) is 3.35. The molecule has 35 heavy (non-hydrogen) atoms. The van der Waals surface area contributed by atoms with Gasteiger partial charge in [-0.05, 0) is 69.5 Å². The maximum absolute atomic E-state index is 13.8. The molecule has 7 nitrogen and oxygen atoms in total. The maximum atomic E-state index is 13.8. The number of anilines is 1. The molecule has 2 aliphatic heterocycles. The van der Waals surface area contributed by atoms with Gasteiger partial charge in [0.1, 0.15) is 41.5 Å². The van der Waals surface area contributed by atoms with Crippen molar-refractivity contribution in [3.05, 3.63) is 99.5 Å². The van der Waals surface area contributed by atoms with E-state index >= 15 is 0 Å². The largest absolute Gasteiger partial charge is 0.497 e. The first-order valence-corrected chi connectivity index (χ1v) is 11.7. The minimum Gasteiger partial charge on any atom is -0.497 e. The number of hydrogen-bond donors (Lipinski definition) is 1. The van der Waals surface area contributed by atoms with E-state index in [1.807, 2.05) is 36.4 Å². The molecule has 3 heterocycles. The summed E-state index contributed by atoms with van der Waals surface area (Å²) in [6.45, 7) is 0. The lowest BCUT2D eigenvalue weighted by molar-refractivity contribution is 0.222. The Balaban J connectivity index is 1.61. The minimum absolute atomic E-state index is 0.304. The van der Waals surface area contributed by atoms with Gasteiger partial charge in [-0.1, -0.05) is 18.2 Å². The monoisotopic (exact) mass is 534 g/mol.